The van der Waals surface area contributed by atoms with Crippen molar-refractivity contribution in [2.24, 2.45) is 0 Å². The molecule has 30 heavy (non-hydrogen) atoms. The second-order valence-corrected chi connectivity index (χ2v) is 6.88. The molecule has 0 spiro atoms. The van der Waals surface area contributed by atoms with Gasteiger partial charge in [-0.3, -0.25) is 9.48 Å². The number of anilines is 1. The van der Waals surface area contributed by atoms with Crippen molar-refractivity contribution in [1.29, 1.82) is 0 Å². The highest BCUT2D eigenvalue weighted by atomic mass is 35.5. The molecule has 1 heterocycles. The number of hydrogen-bond acceptors (Lipinski definition) is 4. The van der Waals surface area contributed by atoms with Crippen LogP contribution in [-0.4, -0.2) is 28.9 Å². The van der Waals surface area contributed by atoms with E-state index in [1.807, 2.05) is 19.9 Å². The van der Waals surface area contributed by atoms with Gasteiger partial charge in [0.25, 0.3) is 0 Å². The standard InChI is InChI=1S/C22H23ClFN3O3/c1-3-29-19-9-8-15(12-20(19)30-4-2)13-22(28)25-21-10-11-27(26-21)14-16-17(23)6-5-7-18(16)24/h5-12H,3-4,13-14H2,1-2H3,(H,25,26,28). The fraction of sp³-hybridized carbons (Fsp3) is 0.273. The van der Waals surface area contributed by atoms with Gasteiger partial charge < -0.3 is 14.8 Å². The Morgan fingerprint density at radius 2 is 1.90 bits per heavy atom. The molecule has 1 N–H and O–H groups in total. The van der Waals surface area contributed by atoms with E-state index in [9.17, 15) is 9.18 Å². The summed E-state index contributed by atoms with van der Waals surface area (Å²) in [5.41, 5.74) is 1.13. The van der Waals surface area contributed by atoms with Gasteiger partial charge >= 0.3 is 0 Å². The van der Waals surface area contributed by atoms with Crippen molar-refractivity contribution in [3.05, 3.63) is 70.6 Å². The van der Waals surface area contributed by atoms with E-state index in [4.69, 9.17) is 21.1 Å². The van der Waals surface area contributed by atoms with Crippen molar-refractivity contribution in [3.8, 4) is 11.5 Å². The molecule has 0 bridgehead atoms. The van der Waals surface area contributed by atoms with Crippen LogP contribution in [0.25, 0.3) is 0 Å². The van der Waals surface area contributed by atoms with Gasteiger partial charge in [0.2, 0.25) is 5.91 Å². The minimum Gasteiger partial charge on any atom is -0.490 e. The number of hydrogen-bond donors (Lipinski definition) is 1. The van der Waals surface area contributed by atoms with E-state index in [1.54, 1.807) is 36.5 Å². The van der Waals surface area contributed by atoms with Crippen LogP contribution in [0, 0.1) is 5.82 Å². The molecule has 1 aromatic heterocycles. The predicted octanol–water partition coefficient (Wildman–Crippen LogP) is 4.70. The van der Waals surface area contributed by atoms with Gasteiger partial charge in [0.05, 0.1) is 26.2 Å². The van der Waals surface area contributed by atoms with E-state index in [0.29, 0.717) is 41.1 Å². The molecule has 1 amide bonds. The summed E-state index contributed by atoms with van der Waals surface area (Å²) in [5, 5.41) is 7.35. The zero-order valence-corrected chi connectivity index (χ0v) is 17.6. The first-order valence-electron chi connectivity index (χ1n) is 9.64. The fourth-order valence-corrected chi connectivity index (χ4v) is 3.16. The Balaban J connectivity index is 1.64. The summed E-state index contributed by atoms with van der Waals surface area (Å²) in [5.74, 6) is 1.01. The number of ether oxygens (including phenoxy) is 2. The van der Waals surface area contributed by atoms with E-state index in [-0.39, 0.29) is 18.9 Å². The lowest BCUT2D eigenvalue weighted by molar-refractivity contribution is -0.115. The number of halogens is 2. The summed E-state index contributed by atoms with van der Waals surface area (Å²) in [7, 11) is 0. The van der Waals surface area contributed by atoms with E-state index >= 15 is 0 Å². The van der Waals surface area contributed by atoms with Crippen molar-refractivity contribution in [2.75, 3.05) is 18.5 Å². The number of amides is 1. The average molecular weight is 432 g/mol. The molecule has 0 aliphatic carbocycles. The Bertz CT molecular complexity index is 1000. The molecule has 158 valence electrons. The molecule has 2 aromatic carbocycles. The third-order valence-corrected chi connectivity index (χ3v) is 4.62. The first kappa shape index (κ1) is 21.6. The van der Waals surface area contributed by atoms with E-state index in [2.05, 4.69) is 10.4 Å². The molecule has 0 saturated heterocycles. The number of nitrogens with one attached hydrogen (secondary N) is 1. The molecule has 3 aromatic rings. The van der Waals surface area contributed by atoms with Crippen LogP contribution in [0.3, 0.4) is 0 Å². The first-order valence-corrected chi connectivity index (χ1v) is 10.0. The average Bonchev–Trinajstić information content (AvgIpc) is 3.14. The summed E-state index contributed by atoms with van der Waals surface area (Å²) in [6.07, 6.45) is 1.81. The summed E-state index contributed by atoms with van der Waals surface area (Å²) in [6, 6.07) is 11.6. The molecule has 8 heteroatoms. The third-order valence-electron chi connectivity index (χ3n) is 4.26. The Morgan fingerprint density at radius 1 is 1.13 bits per heavy atom. The van der Waals surface area contributed by atoms with E-state index < -0.39 is 5.82 Å². The van der Waals surface area contributed by atoms with Crippen LogP contribution >= 0.6 is 11.6 Å². The summed E-state index contributed by atoms with van der Waals surface area (Å²) in [6.45, 7) is 4.98. The van der Waals surface area contributed by atoms with E-state index in [1.165, 1.54) is 10.7 Å². The van der Waals surface area contributed by atoms with Crippen molar-refractivity contribution >= 4 is 23.3 Å². The smallest absolute Gasteiger partial charge is 0.229 e. The van der Waals surface area contributed by atoms with Crippen LogP contribution in [0.2, 0.25) is 5.02 Å². The molecule has 3 rings (SSSR count). The topological polar surface area (TPSA) is 65.4 Å². The van der Waals surface area contributed by atoms with Gasteiger partial charge in [-0.05, 0) is 43.7 Å². The maximum Gasteiger partial charge on any atom is 0.229 e. The molecule has 0 fully saturated rings. The van der Waals surface area contributed by atoms with Crippen LogP contribution in [0.5, 0.6) is 11.5 Å². The zero-order chi connectivity index (χ0) is 21.5. The summed E-state index contributed by atoms with van der Waals surface area (Å²) >= 11 is 6.06. The van der Waals surface area contributed by atoms with Crippen LogP contribution in [-0.2, 0) is 17.8 Å². The van der Waals surface area contributed by atoms with Gasteiger partial charge in [-0.25, -0.2) is 4.39 Å². The highest BCUT2D eigenvalue weighted by Gasteiger charge is 2.12. The number of nitrogens with zero attached hydrogens (tertiary/aromatic N) is 2. The van der Waals surface area contributed by atoms with Gasteiger partial charge in [0.15, 0.2) is 17.3 Å². The number of aromatic nitrogens is 2. The fourth-order valence-electron chi connectivity index (χ4n) is 2.94. The first-order chi connectivity index (χ1) is 14.5. The number of carbonyl (C=O) groups is 1. The lowest BCUT2D eigenvalue weighted by Gasteiger charge is -2.12. The molecule has 0 radical (unpaired) electrons. The van der Waals surface area contributed by atoms with Crippen molar-refractivity contribution in [2.45, 2.75) is 26.8 Å². The van der Waals surface area contributed by atoms with Crippen molar-refractivity contribution in [3.63, 3.8) is 0 Å². The van der Waals surface area contributed by atoms with Gasteiger partial charge in [0.1, 0.15) is 5.82 Å². The van der Waals surface area contributed by atoms with Crippen molar-refractivity contribution in [1.82, 2.24) is 9.78 Å². The lowest BCUT2D eigenvalue weighted by atomic mass is 10.1. The Labute approximate surface area is 179 Å². The van der Waals surface area contributed by atoms with Gasteiger partial charge in [0, 0.05) is 22.8 Å². The molecule has 0 aliphatic rings. The predicted molar refractivity (Wildman–Crippen MR) is 114 cm³/mol. The Morgan fingerprint density at radius 3 is 2.63 bits per heavy atom. The number of carbonyl (C=O) groups excluding carboxylic acids is 1. The molecule has 0 saturated carbocycles. The normalized spacial score (nSPS) is 10.7. The lowest BCUT2D eigenvalue weighted by Crippen LogP contribution is -2.15. The van der Waals surface area contributed by atoms with Crippen molar-refractivity contribution < 1.29 is 18.7 Å². The Kier molecular flexibility index (Phi) is 7.30. The Hall–Kier alpha value is -3.06. The van der Waals surface area contributed by atoms with Gasteiger partial charge in [-0.2, -0.15) is 5.10 Å². The molecule has 6 nitrogen and oxygen atoms in total. The van der Waals surface area contributed by atoms with Crippen LogP contribution < -0.4 is 14.8 Å². The highest BCUT2D eigenvalue weighted by Crippen LogP contribution is 2.29. The summed E-state index contributed by atoms with van der Waals surface area (Å²) in [4.78, 5) is 12.4. The van der Waals surface area contributed by atoms with Crippen LogP contribution in [0.15, 0.2) is 48.7 Å². The van der Waals surface area contributed by atoms with Crippen LogP contribution in [0.4, 0.5) is 10.2 Å². The molecule has 0 aliphatic heterocycles. The molecule has 0 unspecified atom stereocenters. The number of benzene rings is 2. The monoisotopic (exact) mass is 431 g/mol. The largest absolute Gasteiger partial charge is 0.490 e. The maximum atomic E-state index is 13.9. The quantitative estimate of drug-likeness (QED) is 0.533. The summed E-state index contributed by atoms with van der Waals surface area (Å²) < 4.78 is 26.6. The second kappa shape index (κ2) is 10.1. The highest BCUT2D eigenvalue weighted by molar-refractivity contribution is 6.31. The third kappa shape index (κ3) is 5.51. The van der Waals surface area contributed by atoms with Crippen LogP contribution in [0.1, 0.15) is 25.0 Å². The number of rotatable bonds is 9. The molecule has 0 atom stereocenters. The molecular weight excluding hydrogens is 409 g/mol. The molecular formula is C22H23ClFN3O3. The minimum atomic E-state index is -0.399. The SMILES string of the molecule is CCOc1ccc(CC(=O)Nc2ccn(Cc3c(F)cccc3Cl)n2)cc1OCC. The second-order valence-electron chi connectivity index (χ2n) is 6.47. The van der Waals surface area contributed by atoms with Gasteiger partial charge in [-0.15, -0.1) is 0 Å². The maximum absolute atomic E-state index is 13.9. The van der Waals surface area contributed by atoms with Gasteiger partial charge in [-0.1, -0.05) is 23.7 Å². The minimum absolute atomic E-state index is 0.151. The zero-order valence-electron chi connectivity index (χ0n) is 16.8. The van der Waals surface area contributed by atoms with E-state index in [0.717, 1.165) is 5.56 Å².